The molecule has 2 atom stereocenters. The molecule has 0 aliphatic carbocycles. The van der Waals surface area contributed by atoms with Crippen LogP contribution in [0.1, 0.15) is 39.0 Å². The van der Waals surface area contributed by atoms with Crippen molar-refractivity contribution in [3.63, 3.8) is 0 Å². The number of hydrogen-bond acceptors (Lipinski definition) is 4. The lowest BCUT2D eigenvalue weighted by molar-refractivity contribution is -0.0893. The van der Waals surface area contributed by atoms with E-state index in [0.717, 1.165) is 71.7 Å². The van der Waals surface area contributed by atoms with E-state index in [-0.39, 0.29) is 5.60 Å². The summed E-state index contributed by atoms with van der Waals surface area (Å²) in [6, 6.07) is 0.589. The molecule has 0 amide bonds. The van der Waals surface area contributed by atoms with Crippen LogP contribution < -0.4 is 5.32 Å². The molecule has 1 N–H and O–H groups in total. The van der Waals surface area contributed by atoms with Crippen molar-refractivity contribution in [1.82, 2.24) is 5.32 Å². The van der Waals surface area contributed by atoms with Crippen LogP contribution in [-0.2, 0) is 14.2 Å². The summed E-state index contributed by atoms with van der Waals surface area (Å²) in [6.45, 7) is 7.46. The first kappa shape index (κ1) is 14.3. The van der Waals surface area contributed by atoms with E-state index in [4.69, 9.17) is 14.2 Å². The SMILES string of the molecule is CCCOCCCNC1CCOC2(CCOC2)C1. The largest absolute Gasteiger partial charge is 0.381 e. The molecule has 0 saturated carbocycles. The maximum absolute atomic E-state index is 5.93. The lowest BCUT2D eigenvalue weighted by Crippen LogP contribution is -2.47. The van der Waals surface area contributed by atoms with Crippen LogP contribution in [0.5, 0.6) is 0 Å². The van der Waals surface area contributed by atoms with Gasteiger partial charge < -0.3 is 19.5 Å². The van der Waals surface area contributed by atoms with E-state index in [2.05, 4.69) is 12.2 Å². The number of ether oxygens (including phenoxy) is 3. The van der Waals surface area contributed by atoms with Gasteiger partial charge in [-0.3, -0.25) is 0 Å². The predicted octanol–water partition coefficient (Wildman–Crippen LogP) is 1.73. The molecule has 2 fully saturated rings. The molecule has 0 bridgehead atoms. The van der Waals surface area contributed by atoms with Gasteiger partial charge >= 0.3 is 0 Å². The van der Waals surface area contributed by atoms with Gasteiger partial charge in [-0.2, -0.15) is 0 Å². The maximum atomic E-state index is 5.93. The minimum absolute atomic E-state index is 0.0224. The molecule has 0 aromatic heterocycles. The normalized spacial score (nSPS) is 32.2. The summed E-state index contributed by atoms with van der Waals surface area (Å²) < 4.78 is 16.9. The molecule has 0 aromatic carbocycles. The molecular weight excluding hydrogens is 230 g/mol. The molecule has 2 saturated heterocycles. The average Bonchev–Trinajstić information content (AvgIpc) is 2.82. The first-order valence-electron chi connectivity index (χ1n) is 7.37. The Morgan fingerprint density at radius 1 is 1.33 bits per heavy atom. The lowest BCUT2D eigenvalue weighted by atomic mass is 9.89. The molecule has 1 spiro atoms. The molecule has 2 heterocycles. The zero-order valence-corrected chi connectivity index (χ0v) is 11.6. The molecule has 2 aliphatic heterocycles. The smallest absolute Gasteiger partial charge is 0.0951 e. The topological polar surface area (TPSA) is 39.7 Å². The van der Waals surface area contributed by atoms with Gasteiger partial charge in [-0.15, -0.1) is 0 Å². The first-order chi connectivity index (χ1) is 8.85. The second-order valence-corrected chi connectivity index (χ2v) is 5.44. The van der Waals surface area contributed by atoms with Gasteiger partial charge in [0.05, 0.1) is 12.2 Å². The molecule has 0 radical (unpaired) electrons. The number of nitrogens with one attached hydrogen (secondary N) is 1. The maximum Gasteiger partial charge on any atom is 0.0951 e. The monoisotopic (exact) mass is 257 g/mol. The number of hydrogen-bond donors (Lipinski definition) is 1. The van der Waals surface area contributed by atoms with Crippen LogP contribution in [-0.4, -0.2) is 51.2 Å². The van der Waals surface area contributed by atoms with Crippen molar-refractivity contribution in [1.29, 1.82) is 0 Å². The minimum atomic E-state index is 0.0224. The van der Waals surface area contributed by atoms with Crippen LogP contribution in [0.4, 0.5) is 0 Å². The molecule has 2 unspecified atom stereocenters. The Bertz CT molecular complexity index is 229. The van der Waals surface area contributed by atoms with Crippen molar-refractivity contribution in [3.8, 4) is 0 Å². The lowest BCUT2D eigenvalue weighted by Gasteiger charge is -2.37. The number of rotatable bonds is 7. The Morgan fingerprint density at radius 3 is 3.06 bits per heavy atom. The van der Waals surface area contributed by atoms with Crippen LogP contribution in [0.15, 0.2) is 0 Å². The van der Waals surface area contributed by atoms with Gasteiger partial charge in [0.2, 0.25) is 0 Å². The standard InChI is InChI=1S/C14H27NO3/c1-2-7-16-8-3-6-15-13-4-9-18-14(11-13)5-10-17-12-14/h13,15H,2-12H2,1H3. The molecule has 4 nitrogen and oxygen atoms in total. The van der Waals surface area contributed by atoms with Crippen LogP contribution in [0.2, 0.25) is 0 Å². The van der Waals surface area contributed by atoms with Crippen molar-refractivity contribution < 1.29 is 14.2 Å². The van der Waals surface area contributed by atoms with Crippen molar-refractivity contribution in [2.75, 3.05) is 39.6 Å². The zero-order valence-electron chi connectivity index (χ0n) is 11.6. The fourth-order valence-electron chi connectivity index (χ4n) is 2.79. The average molecular weight is 257 g/mol. The Hall–Kier alpha value is -0.160. The van der Waals surface area contributed by atoms with Crippen LogP contribution in [0.25, 0.3) is 0 Å². The highest BCUT2D eigenvalue weighted by molar-refractivity contribution is 4.92. The van der Waals surface area contributed by atoms with Gasteiger partial charge in [-0.05, 0) is 32.2 Å². The second kappa shape index (κ2) is 7.43. The van der Waals surface area contributed by atoms with Crippen LogP contribution in [0.3, 0.4) is 0 Å². The molecule has 0 aromatic rings. The highest BCUT2D eigenvalue weighted by Crippen LogP contribution is 2.32. The third-order valence-corrected chi connectivity index (χ3v) is 3.81. The fourth-order valence-corrected chi connectivity index (χ4v) is 2.79. The molecule has 4 heteroatoms. The highest BCUT2D eigenvalue weighted by atomic mass is 16.6. The second-order valence-electron chi connectivity index (χ2n) is 5.44. The molecule has 2 rings (SSSR count). The van der Waals surface area contributed by atoms with Crippen LogP contribution >= 0.6 is 0 Å². The Morgan fingerprint density at radius 2 is 2.28 bits per heavy atom. The first-order valence-corrected chi connectivity index (χ1v) is 7.37. The summed E-state index contributed by atoms with van der Waals surface area (Å²) in [6.07, 6.45) is 5.49. The summed E-state index contributed by atoms with van der Waals surface area (Å²) in [4.78, 5) is 0. The van der Waals surface area contributed by atoms with E-state index in [1.165, 1.54) is 0 Å². The van der Waals surface area contributed by atoms with Gasteiger partial charge in [0.25, 0.3) is 0 Å². The van der Waals surface area contributed by atoms with Crippen molar-refractivity contribution >= 4 is 0 Å². The van der Waals surface area contributed by atoms with Gasteiger partial charge in [0, 0.05) is 38.9 Å². The quantitative estimate of drug-likeness (QED) is 0.705. The van der Waals surface area contributed by atoms with E-state index in [0.29, 0.717) is 6.04 Å². The van der Waals surface area contributed by atoms with Crippen molar-refractivity contribution in [2.45, 2.75) is 50.7 Å². The minimum Gasteiger partial charge on any atom is -0.381 e. The van der Waals surface area contributed by atoms with E-state index >= 15 is 0 Å². The van der Waals surface area contributed by atoms with Gasteiger partial charge in [0.15, 0.2) is 0 Å². The predicted molar refractivity (Wildman–Crippen MR) is 70.9 cm³/mol. The van der Waals surface area contributed by atoms with Crippen molar-refractivity contribution in [3.05, 3.63) is 0 Å². The van der Waals surface area contributed by atoms with E-state index < -0.39 is 0 Å². The van der Waals surface area contributed by atoms with Crippen molar-refractivity contribution in [2.24, 2.45) is 0 Å². The van der Waals surface area contributed by atoms with Crippen LogP contribution in [0, 0.1) is 0 Å². The summed E-state index contributed by atoms with van der Waals surface area (Å²) in [7, 11) is 0. The Kier molecular flexibility index (Phi) is 5.89. The summed E-state index contributed by atoms with van der Waals surface area (Å²) in [5.74, 6) is 0. The summed E-state index contributed by atoms with van der Waals surface area (Å²) in [5.41, 5.74) is 0.0224. The Labute approximate surface area is 110 Å². The Balaban J connectivity index is 1.58. The third-order valence-electron chi connectivity index (χ3n) is 3.81. The van der Waals surface area contributed by atoms with Gasteiger partial charge in [0.1, 0.15) is 0 Å². The molecular formula is C14H27NO3. The van der Waals surface area contributed by atoms with E-state index in [1.807, 2.05) is 0 Å². The molecule has 18 heavy (non-hydrogen) atoms. The van der Waals surface area contributed by atoms with E-state index in [9.17, 15) is 0 Å². The zero-order chi connectivity index (χ0) is 12.7. The summed E-state index contributed by atoms with van der Waals surface area (Å²) >= 11 is 0. The fraction of sp³-hybridized carbons (Fsp3) is 1.00. The molecule has 106 valence electrons. The molecule has 2 aliphatic rings. The summed E-state index contributed by atoms with van der Waals surface area (Å²) in [5, 5.41) is 3.63. The highest BCUT2D eigenvalue weighted by Gasteiger charge is 2.40. The van der Waals surface area contributed by atoms with Gasteiger partial charge in [-0.1, -0.05) is 6.92 Å². The third kappa shape index (κ3) is 4.19. The van der Waals surface area contributed by atoms with Gasteiger partial charge in [-0.25, -0.2) is 0 Å². The van der Waals surface area contributed by atoms with E-state index in [1.54, 1.807) is 0 Å².